The molecule has 2 aliphatic rings. The van der Waals surface area contributed by atoms with E-state index in [1.165, 1.54) is 12.1 Å². The van der Waals surface area contributed by atoms with Gasteiger partial charge in [0.15, 0.2) is 5.43 Å². The third-order valence-corrected chi connectivity index (χ3v) is 11.3. The second kappa shape index (κ2) is 21.5. The Labute approximate surface area is 394 Å². The number of fused-ring (bicyclic) bond motifs is 2. The molecule has 18 heteroatoms. The van der Waals surface area contributed by atoms with Crippen molar-refractivity contribution in [3.63, 3.8) is 0 Å². The van der Waals surface area contributed by atoms with Crippen LogP contribution < -0.4 is 30.7 Å². The van der Waals surface area contributed by atoms with E-state index in [0.717, 1.165) is 4.90 Å². The molecule has 2 aliphatic heterocycles. The number of nitrogens with one attached hydrogen (secondary N) is 1. The maximum atomic E-state index is 13.6. The molecule has 1 unspecified atom stereocenters. The molecule has 8 rings (SSSR count). The Hall–Kier alpha value is -7.44. The van der Waals surface area contributed by atoms with E-state index in [-0.39, 0.29) is 85.1 Å². The standard InChI is InChI=1S/C50H45ClN4O13/c1-2-65-42-28-44-36(26-35(42)29-22-30(24-31(23-29)47(52)58)38-7-3-4-13-53-38)40(56)27-43(68-44)33-10-9-32(25-37(33)51)66-20-18-63-16-14-62-15-17-64-19-21-67-41-8-5-6-34-46(41)50(61)55(49(34)60)39-11-12-45(57)54-48(39)59/h3-10,13,22-28,39H,2,11-12,14-21H2,1H3,(H2,52,58)(H,54,57,59). The van der Waals surface area contributed by atoms with Crippen LogP contribution >= 0.6 is 11.6 Å². The lowest BCUT2D eigenvalue weighted by Crippen LogP contribution is -2.54. The molecule has 4 aromatic carbocycles. The van der Waals surface area contributed by atoms with Gasteiger partial charge in [0.1, 0.15) is 47.8 Å². The van der Waals surface area contributed by atoms with Crippen molar-refractivity contribution in [3.05, 3.63) is 129 Å². The molecule has 17 nitrogen and oxygen atoms in total. The number of primary amides is 1. The van der Waals surface area contributed by atoms with Crippen LogP contribution in [0.15, 0.2) is 106 Å². The number of nitrogens with zero attached hydrogens (tertiary/aromatic N) is 2. The molecule has 2 aromatic heterocycles. The highest BCUT2D eigenvalue weighted by Gasteiger charge is 2.46. The summed E-state index contributed by atoms with van der Waals surface area (Å²) in [7, 11) is 0. The summed E-state index contributed by atoms with van der Waals surface area (Å²) in [6.07, 6.45) is 1.75. The van der Waals surface area contributed by atoms with E-state index in [2.05, 4.69) is 10.3 Å². The number of rotatable bonds is 21. The molecule has 4 heterocycles. The molecule has 0 saturated carbocycles. The van der Waals surface area contributed by atoms with Crippen LogP contribution in [0.1, 0.15) is 50.8 Å². The maximum Gasteiger partial charge on any atom is 0.266 e. The molecule has 0 aliphatic carbocycles. The fourth-order valence-electron chi connectivity index (χ4n) is 7.78. The van der Waals surface area contributed by atoms with E-state index < -0.39 is 35.6 Å². The summed E-state index contributed by atoms with van der Waals surface area (Å²) in [5.41, 5.74) is 9.13. The number of aromatic nitrogens is 1. The summed E-state index contributed by atoms with van der Waals surface area (Å²) in [6.45, 7) is 4.15. The molecule has 1 saturated heterocycles. The van der Waals surface area contributed by atoms with Gasteiger partial charge in [0.2, 0.25) is 17.7 Å². The van der Waals surface area contributed by atoms with Gasteiger partial charge in [-0.1, -0.05) is 23.7 Å². The summed E-state index contributed by atoms with van der Waals surface area (Å²) in [4.78, 5) is 81.5. The first-order valence-electron chi connectivity index (χ1n) is 21.8. The van der Waals surface area contributed by atoms with E-state index in [1.807, 2.05) is 25.1 Å². The van der Waals surface area contributed by atoms with Crippen LogP contribution in [-0.2, 0) is 23.8 Å². The minimum atomic E-state index is -1.07. The van der Waals surface area contributed by atoms with E-state index in [4.69, 9.17) is 50.2 Å². The third-order valence-electron chi connectivity index (χ3n) is 11.0. The van der Waals surface area contributed by atoms with Gasteiger partial charge in [-0.05, 0) is 85.6 Å². The number of carbonyl (C=O) groups excluding carboxylic acids is 5. The van der Waals surface area contributed by atoms with Gasteiger partial charge in [-0.15, -0.1) is 0 Å². The minimum absolute atomic E-state index is 0.0297. The van der Waals surface area contributed by atoms with Crippen LogP contribution in [0.25, 0.3) is 44.7 Å². The number of carbonyl (C=O) groups is 5. The van der Waals surface area contributed by atoms with Crippen molar-refractivity contribution in [2.45, 2.75) is 25.8 Å². The van der Waals surface area contributed by atoms with Crippen LogP contribution in [0.3, 0.4) is 0 Å². The van der Waals surface area contributed by atoms with Crippen molar-refractivity contribution in [2.24, 2.45) is 5.73 Å². The predicted molar refractivity (Wildman–Crippen MR) is 248 cm³/mol. The summed E-state index contributed by atoms with van der Waals surface area (Å²) in [5.74, 6) is -1.63. The van der Waals surface area contributed by atoms with Crippen molar-refractivity contribution in [3.8, 4) is 51.0 Å². The van der Waals surface area contributed by atoms with Crippen molar-refractivity contribution >= 4 is 52.1 Å². The molecule has 0 spiro atoms. The van der Waals surface area contributed by atoms with Gasteiger partial charge in [-0.25, -0.2) is 0 Å². The summed E-state index contributed by atoms with van der Waals surface area (Å²) in [6, 6.07) is 24.0. The van der Waals surface area contributed by atoms with Crippen molar-refractivity contribution in [2.75, 3.05) is 59.5 Å². The van der Waals surface area contributed by atoms with Crippen molar-refractivity contribution in [1.82, 2.24) is 15.2 Å². The Kier molecular flexibility index (Phi) is 14.9. The lowest BCUT2D eigenvalue weighted by atomic mass is 9.96. The Morgan fingerprint density at radius 2 is 1.49 bits per heavy atom. The second-order valence-corrected chi connectivity index (χ2v) is 15.8. The molecular weight excluding hydrogens is 900 g/mol. The monoisotopic (exact) mass is 944 g/mol. The number of piperidine rings is 1. The Balaban J connectivity index is 0.771. The number of pyridine rings is 1. The molecule has 350 valence electrons. The molecular formula is C50H45ClN4O13. The first-order valence-corrected chi connectivity index (χ1v) is 22.1. The number of imide groups is 2. The first kappa shape index (κ1) is 47.1. The lowest BCUT2D eigenvalue weighted by Gasteiger charge is -2.27. The fraction of sp³-hybridized carbons (Fsp3) is 0.260. The van der Waals surface area contributed by atoms with E-state index >= 15 is 0 Å². The zero-order valence-electron chi connectivity index (χ0n) is 36.8. The van der Waals surface area contributed by atoms with Crippen LogP contribution in [0.5, 0.6) is 17.2 Å². The van der Waals surface area contributed by atoms with Gasteiger partial charge in [-0.2, -0.15) is 0 Å². The van der Waals surface area contributed by atoms with E-state index in [0.29, 0.717) is 76.3 Å². The topological polar surface area (TPSA) is 225 Å². The van der Waals surface area contributed by atoms with Crippen LogP contribution in [-0.4, -0.2) is 105 Å². The van der Waals surface area contributed by atoms with Crippen LogP contribution in [0.2, 0.25) is 5.02 Å². The minimum Gasteiger partial charge on any atom is -0.493 e. The Bertz CT molecular complexity index is 2960. The summed E-state index contributed by atoms with van der Waals surface area (Å²) in [5, 5.41) is 2.78. The second-order valence-electron chi connectivity index (χ2n) is 15.4. The molecule has 0 bridgehead atoms. The van der Waals surface area contributed by atoms with Gasteiger partial charge in [0.25, 0.3) is 11.8 Å². The van der Waals surface area contributed by atoms with Gasteiger partial charge < -0.3 is 38.6 Å². The largest absolute Gasteiger partial charge is 0.493 e. The number of amides is 5. The Morgan fingerprint density at radius 1 is 0.750 bits per heavy atom. The molecule has 1 fully saturated rings. The Morgan fingerprint density at radius 3 is 2.18 bits per heavy atom. The summed E-state index contributed by atoms with van der Waals surface area (Å²) < 4.78 is 40.6. The quantitative estimate of drug-likeness (QED) is 0.0601. The molecule has 1 atom stereocenters. The highest BCUT2D eigenvalue weighted by atomic mass is 35.5. The van der Waals surface area contributed by atoms with Crippen molar-refractivity contribution in [1.29, 1.82) is 0 Å². The molecule has 5 amide bonds. The van der Waals surface area contributed by atoms with E-state index in [1.54, 1.807) is 66.9 Å². The zero-order chi connectivity index (χ0) is 47.7. The maximum absolute atomic E-state index is 13.6. The molecule has 6 aromatic rings. The SMILES string of the molecule is CCOc1cc2oc(-c3ccc(OCCOCCOCCOCCOc4cccc5c4C(=O)N(C4CCC(=O)NC4=O)C5=O)cc3Cl)cc(=O)c2cc1-c1cc(C(N)=O)cc(-c2ccccn2)c1. The molecule has 0 radical (unpaired) electrons. The highest BCUT2D eigenvalue weighted by Crippen LogP contribution is 2.39. The number of halogens is 1. The average molecular weight is 945 g/mol. The average Bonchev–Trinajstić information content (AvgIpc) is 3.59. The number of ether oxygens (including phenoxy) is 6. The van der Waals surface area contributed by atoms with Gasteiger partial charge >= 0.3 is 0 Å². The lowest BCUT2D eigenvalue weighted by molar-refractivity contribution is -0.136. The van der Waals surface area contributed by atoms with Gasteiger partial charge in [0.05, 0.1) is 73.5 Å². The van der Waals surface area contributed by atoms with Crippen LogP contribution in [0, 0.1) is 0 Å². The zero-order valence-corrected chi connectivity index (χ0v) is 37.5. The predicted octanol–water partition coefficient (Wildman–Crippen LogP) is 6.25. The van der Waals surface area contributed by atoms with Gasteiger partial charge in [-0.3, -0.25) is 44.0 Å². The highest BCUT2D eigenvalue weighted by molar-refractivity contribution is 6.33. The number of benzene rings is 4. The molecule has 68 heavy (non-hydrogen) atoms. The number of nitrogens with two attached hydrogens (primary N) is 1. The number of hydrogen-bond donors (Lipinski definition) is 2. The normalized spacial score (nSPS) is 14.6. The fourth-order valence-corrected chi connectivity index (χ4v) is 8.05. The van der Waals surface area contributed by atoms with Gasteiger partial charge in [0, 0.05) is 47.0 Å². The van der Waals surface area contributed by atoms with Crippen molar-refractivity contribution < 1.29 is 56.8 Å². The summed E-state index contributed by atoms with van der Waals surface area (Å²) >= 11 is 6.69. The smallest absolute Gasteiger partial charge is 0.266 e. The number of hydrogen-bond acceptors (Lipinski definition) is 14. The molecule has 3 N–H and O–H groups in total. The van der Waals surface area contributed by atoms with Crippen LogP contribution in [0.4, 0.5) is 0 Å². The first-order chi connectivity index (χ1) is 33.0. The van der Waals surface area contributed by atoms with E-state index in [9.17, 15) is 28.8 Å². The third kappa shape index (κ3) is 10.6.